The van der Waals surface area contributed by atoms with Crippen molar-refractivity contribution in [3.05, 3.63) is 46.7 Å². The van der Waals surface area contributed by atoms with Gasteiger partial charge in [0.1, 0.15) is 11.5 Å². The minimum Gasteiger partial charge on any atom is -0.494 e. The van der Waals surface area contributed by atoms with Crippen LogP contribution in [0.25, 0.3) is 11.4 Å². The zero-order chi connectivity index (χ0) is 18.9. The summed E-state index contributed by atoms with van der Waals surface area (Å²) in [5.41, 5.74) is 0.275. The summed E-state index contributed by atoms with van der Waals surface area (Å²) in [6, 6.07) is 9.39. The number of aromatic amines is 1. The van der Waals surface area contributed by atoms with E-state index in [4.69, 9.17) is 9.47 Å². The molecule has 1 N–H and O–H groups in total. The second-order valence-corrected chi connectivity index (χ2v) is 8.12. The first-order valence-corrected chi connectivity index (χ1v) is 9.90. The molecule has 0 radical (unpaired) electrons. The van der Waals surface area contributed by atoms with Gasteiger partial charge >= 0.3 is 0 Å². The molecule has 3 aromatic rings. The highest BCUT2D eigenvalue weighted by Crippen LogP contribution is 2.37. The molecule has 0 saturated heterocycles. The van der Waals surface area contributed by atoms with Crippen molar-refractivity contribution in [3.63, 3.8) is 0 Å². The summed E-state index contributed by atoms with van der Waals surface area (Å²) in [4.78, 5) is 3.95. The maximum Gasteiger partial charge on any atom is 0.243 e. The second-order valence-electron chi connectivity index (χ2n) is 5.28. The number of sulfone groups is 1. The Kier molecular flexibility index (Phi) is 4.97. The second kappa shape index (κ2) is 7.04. The van der Waals surface area contributed by atoms with Crippen LogP contribution in [0.4, 0.5) is 4.39 Å². The molecule has 2 aromatic carbocycles. The fourth-order valence-corrected chi connectivity index (χ4v) is 2.84. The molecule has 0 bridgehead atoms. The SMILES string of the molecule is COc1cc(-c2n[nH]c(S(C)(=O)=O)n2)c(Oc2ccc(Br)cc2)cc1F. The number of benzene rings is 2. The van der Waals surface area contributed by atoms with E-state index >= 15 is 0 Å². The smallest absolute Gasteiger partial charge is 0.243 e. The molecule has 0 fully saturated rings. The van der Waals surface area contributed by atoms with Crippen molar-refractivity contribution in [1.82, 2.24) is 15.2 Å². The molecular formula is C16H13BrFN3O4S. The maximum absolute atomic E-state index is 14.2. The predicted octanol–water partition coefficient (Wildman–Crippen LogP) is 3.58. The van der Waals surface area contributed by atoms with Gasteiger partial charge in [-0.1, -0.05) is 15.9 Å². The number of nitrogens with one attached hydrogen (secondary N) is 1. The number of H-pyrrole nitrogens is 1. The molecule has 1 aromatic heterocycles. The number of hydrogen-bond acceptors (Lipinski definition) is 6. The van der Waals surface area contributed by atoms with Crippen LogP contribution in [-0.4, -0.2) is 37.0 Å². The summed E-state index contributed by atoms with van der Waals surface area (Å²) < 4.78 is 48.9. The summed E-state index contributed by atoms with van der Waals surface area (Å²) in [5, 5.41) is 5.94. The summed E-state index contributed by atoms with van der Waals surface area (Å²) >= 11 is 3.32. The molecule has 0 saturated carbocycles. The molecule has 0 aliphatic carbocycles. The number of rotatable bonds is 5. The van der Waals surface area contributed by atoms with E-state index in [1.54, 1.807) is 24.3 Å². The van der Waals surface area contributed by atoms with Gasteiger partial charge in [0.15, 0.2) is 17.4 Å². The highest BCUT2D eigenvalue weighted by atomic mass is 79.9. The molecule has 136 valence electrons. The number of hydrogen-bond donors (Lipinski definition) is 1. The Morgan fingerprint density at radius 3 is 2.42 bits per heavy atom. The van der Waals surface area contributed by atoms with Gasteiger partial charge in [-0.15, -0.1) is 0 Å². The highest BCUT2D eigenvalue weighted by molar-refractivity contribution is 9.10. The molecule has 0 aliphatic rings. The van der Waals surface area contributed by atoms with Gasteiger partial charge in [0.25, 0.3) is 0 Å². The topological polar surface area (TPSA) is 94.2 Å². The number of halogens is 2. The fraction of sp³-hybridized carbons (Fsp3) is 0.125. The Bertz CT molecular complexity index is 1050. The van der Waals surface area contributed by atoms with E-state index in [9.17, 15) is 12.8 Å². The summed E-state index contributed by atoms with van der Waals surface area (Å²) in [6.07, 6.45) is 1.00. The van der Waals surface area contributed by atoms with Crippen LogP contribution in [-0.2, 0) is 9.84 Å². The van der Waals surface area contributed by atoms with Crippen molar-refractivity contribution in [2.75, 3.05) is 13.4 Å². The van der Waals surface area contributed by atoms with E-state index in [2.05, 4.69) is 31.1 Å². The lowest BCUT2D eigenvalue weighted by Crippen LogP contribution is -1.99. The van der Waals surface area contributed by atoms with Crippen molar-refractivity contribution in [1.29, 1.82) is 0 Å². The Hall–Kier alpha value is -2.46. The van der Waals surface area contributed by atoms with Crippen molar-refractivity contribution in [3.8, 4) is 28.6 Å². The van der Waals surface area contributed by atoms with Crippen LogP contribution in [0.15, 0.2) is 46.0 Å². The molecule has 0 unspecified atom stereocenters. The third kappa shape index (κ3) is 3.86. The van der Waals surface area contributed by atoms with Gasteiger partial charge in [-0.2, -0.15) is 10.1 Å². The average Bonchev–Trinajstić information content (AvgIpc) is 3.07. The molecular weight excluding hydrogens is 429 g/mol. The third-order valence-corrected chi connectivity index (χ3v) is 4.77. The molecule has 0 amide bonds. The molecule has 1 heterocycles. The fourth-order valence-electron chi connectivity index (χ4n) is 2.11. The van der Waals surface area contributed by atoms with Crippen molar-refractivity contribution < 1.29 is 22.3 Å². The van der Waals surface area contributed by atoms with E-state index in [-0.39, 0.29) is 28.0 Å². The first-order chi connectivity index (χ1) is 12.3. The monoisotopic (exact) mass is 441 g/mol. The first kappa shape index (κ1) is 18.3. The van der Waals surface area contributed by atoms with Crippen LogP contribution in [0.1, 0.15) is 0 Å². The maximum atomic E-state index is 14.2. The number of nitrogens with zero attached hydrogens (tertiary/aromatic N) is 2. The molecule has 7 nitrogen and oxygen atoms in total. The van der Waals surface area contributed by atoms with E-state index in [1.165, 1.54) is 13.2 Å². The van der Waals surface area contributed by atoms with Gasteiger partial charge in [0.05, 0.1) is 12.7 Å². The zero-order valence-corrected chi connectivity index (χ0v) is 16.1. The highest BCUT2D eigenvalue weighted by Gasteiger charge is 2.20. The number of ether oxygens (including phenoxy) is 2. The number of methoxy groups -OCH3 is 1. The molecule has 26 heavy (non-hydrogen) atoms. The Morgan fingerprint density at radius 1 is 1.15 bits per heavy atom. The third-order valence-electron chi connectivity index (χ3n) is 3.35. The lowest BCUT2D eigenvalue weighted by atomic mass is 10.1. The Balaban J connectivity index is 2.10. The summed E-state index contributed by atoms with van der Waals surface area (Å²) in [6.45, 7) is 0. The van der Waals surface area contributed by atoms with E-state index in [1.807, 2.05) is 0 Å². The molecule has 0 atom stereocenters. The zero-order valence-electron chi connectivity index (χ0n) is 13.7. The lowest BCUT2D eigenvalue weighted by molar-refractivity contribution is 0.383. The van der Waals surface area contributed by atoms with Crippen LogP contribution in [0.5, 0.6) is 17.2 Å². The first-order valence-electron chi connectivity index (χ1n) is 7.21. The van der Waals surface area contributed by atoms with Crippen molar-refractivity contribution in [2.24, 2.45) is 0 Å². The van der Waals surface area contributed by atoms with Gasteiger partial charge in [0, 0.05) is 16.8 Å². The van der Waals surface area contributed by atoms with Crippen molar-refractivity contribution in [2.45, 2.75) is 5.16 Å². The minimum absolute atomic E-state index is 0.0378. The molecule has 0 aliphatic heterocycles. The normalized spacial score (nSPS) is 11.4. The molecule has 0 spiro atoms. The van der Waals surface area contributed by atoms with Crippen molar-refractivity contribution >= 4 is 25.8 Å². The van der Waals surface area contributed by atoms with E-state index in [0.29, 0.717) is 5.75 Å². The van der Waals surface area contributed by atoms with Crippen LogP contribution < -0.4 is 9.47 Å². The predicted molar refractivity (Wildman–Crippen MR) is 95.7 cm³/mol. The number of aromatic nitrogens is 3. The lowest BCUT2D eigenvalue weighted by Gasteiger charge is -2.12. The largest absolute Gasteiger partial charge is 0.494 e. The van der Waals surface area contributed by atoms with Crippen LogP contribution in [0.2, 0.25) is 0 Å². The van der Waals surface area contributed by atoms with Gasteiger partial charge in [0.2, 0.25) is 15.0 Å². The van der Waals surface area contributed by atoms with Gasteiger partial charge in [-0.3, -0.25) is 0 Å². The standard InChI is InChI=1S/C16H13BrFN3O4S/c1-24-14-7-11(15-19-16(21-20-15)26(2,22)23)13(8-12(14)18)25-10-5-3-9(17)4-6-10/h3-8H,1-2H3,(H,19,20,21). The average molecular weight is 442 g/mol. The summed E-state index contributed by atoms with van der Waals surface area (Å²) in [5.74, 6) is -0.0745. The molecule has 3 rings (SSSR count). The van der Waals surface area contributed by atoms with Gasteiger partial charge < -0.3 is 9.47 Å². The Morgan fingerprint density at radius 2 is 1.85 bits per heavy atom. The quantitative estimate of drug-likeness (QED) is 0.649. The molecule has 10 heteroatoms. The van der Waals surface area contributed by atoms with Gasteiger partial charge in [-0.25, -0.2) is 17.9 Å². The van der Waals surface area contributed by atoms with E-state index in [0.717, 1.165) is 16.8 Å². The van der Waals surface area contributed by atoms with Crippen LogP contribution >= 0.6 is 15.9 Å². The van der Waals surface area contributed by atoms with E-state index < -0.39 is 15.7 Å². The summed E-state index contributed by atoms with van der Waals surface area (Å²) in [7, 11) is -2.25. The van der Waals surface area contributed by atoms with Crippen LogP contribution in [0, 0.1) is 5.82 Å². The van der Waals surface area contributed by atoms with Gasteiger partial charge in [-0.05, 0) is 30.3 Å². The minimum atomic E-state index is -3.57. The van der Waals surface area contributed by atoms with Crippen LogP contribution in [0.3, 0.4) is 0 Å². The Labute approximate surface area is 157 Å².